The molecule has 1 N–H and O–H groups in total. The number of carbonyl (C=O) groups is 1. The second-order valence-electron chi connectivity index (χ2n) is 7.62. The summed E-state index contributed by atoms with van der Waals surface area (Å²) in [5.41, 5.74) is 1.81. The lowest BCUT2D eigenvalue weighted by Crippen LogP contribution is -2.45. The minimum absolute atomic E-state index is 0.150. The van der Waals surface area contributed by atoms with E-state index in [1.54, 1.807) is 12.1 Å². The van der Waals surface area contributed by atoms with Crippen LogP contribution < -0.4 is 10.1 Å². The molecule has 10 heteroatoms. The number of amides is 1. The molecule has 1 atom stereocenters. The molecule has 33 heavy (non-hydrogen) atoms. The van der Waals surface area contributed by atoms with E-state index in [2.05, 4.69) is 5.32 Å². The molecule has 0 aliphatic carbocycles. The quantitative estimate of drug-likeness (QED) is 0.444. The Hall–Kier alpha value is -2.10. The molecule has 0 spiro atoms. The lowest BCUT2D eigenvalue weighted by molar-refractivity contribution is -0.124. The van der Waals surface area contributed by atoms with Crippen molar-refractivity contribution in [3.63, 3.8) is 0 Å². The van der Waals surface area contributed by atoms with Gasteiger partial charge >= 0.3 is 0 Å². The number of benzene rings is 2. The molecule has 2 heterocycles. The van der Waals surface area contributed by atoms with Gasteiger partial charge in [0, 0.05) is 18.1 Å². The van der Waals surface area contributed by atoms with Crippen LogP contribution in [0.1, 0.15) is 24.0 Å². The highest BCUT2D eigenvalue weighted by atomic mass is 35.5. The van der Waals surface area contributed by atoms with Crippen molar-refractivity contribution in [3.05, 3.63) is 81.1 Å². The first-order chi connectivity index (χ1) is 15.8. The van der Waals surface area contributed by atoms with Gasteiger partial charge in [-0.05, 0) is 60.4 Å². The van der Waals surface area contributed by atoms with Crippen LogP contribution in [0.25, 0.3) is 0 Å². The Morgan fingerprint density at radius 3 is 2.64 bits per heavy atom. The van der Waals surface area contributed by atoms with Crippen molar-refractivity contribution in [1.82, 2.24) is 9.62 Å². The van der Waals surface area contributed by atoms with E-state index in [1.165, 1.54) is 10.4 Å². The molecule has 0 bridgehead atoms. The van der Waals surface area contributed by atoms with Crippen molar-refractivity contribution in [2.45, 2.75) is 36.2 Å². The van der Waals surface area contributed by atoms with Crippen LogP contribution in [0.4, 0.5) is 0 Å². The Kier molecular flexibility index (Phi) is 7.61. The molecule has 1 amide bonds. The Balaban J connectivity index is 1.36. The molecule has 0 saturated carbocycles. The second kappa shape index (κ2) is 10.4. The van der Waals surface area contributed by atoms with Crippen LogP contribution in [0.15, 0.2) is 64.9 Å². The molecule has 174 valence electrons. The van der Waals surface area contributed by atoms with Crippen LogP contribution in [0.2, 0.25) is 9.36 Å². The van der Waals surface area contributed by atoms with Crippen LogP contribution in [0.5, 0.6) is 5.75 Å². The first-order valence-corrected chi connectivity index (χ1v) is 13.4. The summed E-state index contributed by atoms with van der Waals surface area (Å²) in [5.74, 6) is 0.352. The number of rotatable bonds is 8. The third-order valence-electron chi connectivity index (χ3n) is 5.28. The van der Waals surface area contributed by atoms with Gasteiger partial charge in [0.25, 0.3) is 10.0 Å². The van der Waals surface area contributed by atoms with Crippen molar-refractivity contribution < 1.29 is 17.9 Å². The molecule has 0 unspecified atom stereocenters. The molecule has 2 aromatic carbocycles. The SMILES string of the molecule is O=C(NCc1cccc(OCc2cccc(Cl)c2)c1)[C@@H]1CCCN1S(=O)(=O)c1ccc(Cl)s1. The van der Waals surface area contributed by atoms with Gasteiger partial charge in [-0.15, -0.1) is 11.3 Å². The summed E-state index contributed by atoms with van der Waals surface area (Å²) in [6, 6.07) is 17.2. The second-order valence-corrected chi connectivity index (χ2v) is 11.9. The molecular weight excluding hydrogens is 503 g/mol. The van der Waals surface area contributed by atoms with E-state index < -0.39 is 16.1 Å². The summed E-state index contributed by atoms with van der Waals surface area (Å²) in [6.45, 7) is 0.948. The van der Waals surface area contributed by atoms with Crippen molar-refractivity contribution in [3.8, 4) is 5.75 Å². The van der Waals surface area contributed by atoms with Gasteiger partial charge in [0.05, 0.1) is 4.34 Å². The standard InChI is InChI=1S/C23H22Cl2N2O4S2/c24-18-6-1-5-17(12-18)15-31-19-7-2-4-16(13-19)14-26-23(28)20-8-3-11-27(20)33(29,30)22-10-9-21(25)32-22/h1-2,4-7,9-10,12-13,20H,3,8,11,14-15H2,(H,26,28)/t20-/m0/s1. The zero-order valence-electron chi connectivity index (χ0n) is 17.5. The predicted molar refractivity (Wildman–Crippen MR) is 130 cm³/mol. The first kappa shape index (κ1) is 24.0. The molecule has 3 aromatic rings. The normalized spacial score (nSPS) is 16.6. The van der Waals surface area contributed by atoms with Crippen LogP contribution in [0, 0.1) is 0 Å². The number of carbonyl (C=O) groups excluding carboxylic acids is 1. The molecular formula is C23H22Cl2N2O4S2. The van der Waals surface area contributed by atoms with E-state index in [-0.39, 0.29) is 16.7 Å². The average molecular weight is 525 g/mol. The van der Waals surface area contributed by atoms with Gasteiger partial charge in [-0.2, -0.15) is 4.31 Å². The lowest BCUT2D eigenvalue weighted by Gasteiger charge is -2.22. The van der Waals surface area contributed by atoms with Gasteiger partial charge in [0.15, 0.2) is 0 Å². The minimum atomic E-state index is -3.76. The molecule has 1 aromatic heterocycles. The molecule has 1 aliphatic heterocycles. The van der Waals surface area contributed by atoms with Gasteiger partial charge in [0.2, 0.25) is 5.91 Å². The zero-order valence-corrected chi connectivity index (χ0v) is 20.7. The Labute approximate surface area is 207 Å². The topological polar surface area (TPSA) is 75.7 Å². The summed E-state index contributed by atoms with van der Waals surface area (Å²) < 4.78 is 33.6. The van der Waals surface area contributed by atoms with Crippen LogP contribution in [0.3, 0.4) is 0 Å². The fourth-order valence-corrected chi connectivity index (χ4v) is 7.17. The van der Waals surface area contributed by atoms with Crippen molar-refractivity contribution in [2.24, 2.45) is 0 Å². The number of hydrogen-bond donors (Lipinski definition) is 1. The van der Waals surface area contributed by atoms with Gasteiger partial charge in [-0.3, -0.25) is 4.79 Å². The first-order valence-electron chi connectivity index (χ1n) is 10.3. The number of nitrogens with zero attached hydrogens (tertiary/aromatic N) is 1. The number of ether oxygens (including phenoxy) is 1. The predicted octanol–water partition coefficient (Wildman–Crippen LogP) is 5.10. The summed E-state index contributed by atoms with van der Waals surface area (Å²) in [6.07, 6.45) is 1.11. The lowest BCUT2D eigenvalue weighted by atomic mass is 10.2. The molecule has 6 nitrogen and oxygen atoms in total. The number of sulfonamides is 1. The largest absolute Gasteiger partial charge is 0.489 e. The maximum Gasteiger partial charge on any atom is 0.253 e. The van der Waals surface area contributed by atoms with Gasteiger partial charge < -0.3 is 10.1 Å². The van der Waals surface area contributed by atoms with E-state index in [1.807, 2.05) is 42.5 Å². The number of halogens is 2. The minimum Gasteiger partial charge on any atom is -0.489 e. The third-order valence-corrected chi connectivity index (χ3v) is 9.12. The van der Waals surface area contributed by atoms with Gasteiger partial charge in [-0.1, -0.05) is 47.5 Å². The monoisotopic (exact) mass is 524 g/mol. The highest BCUT2D eigenvalue weighted by molar-refractivity contribution is 7.91. The van der Waals surface area contributed by atoms with Crippen molar-refractivity contribution in [2.75, 3.05) is 6.54 Å². The van der Waals surface area contributed by atoms with Crippen LogP contribution >= 0.6 is 34.5 Å². The third kappa shape index (κ3) is 5.88. The molecule has 1 aliphatic rings. The van der Waals surface area contributed by atoms with Gasteiger partial charge in [-0.25, -0.2) is 8.42 Å². The van der Waals surface area contributed by atoms with Crippen molar-refractivity contribution in [1.29, 1.82) is 0 Å². The molecule has 4 rings (SSSR count). The highest BCUT2D eigenvalue weighted by Gasteiger charge is 2.40. The molecule has 1 saturated heterocycles. The summed E-state index contributed by atoms with van der Waals surface area (Å²) in [7, 11) is -3.76. The van der Waals surface area contributed by atoms with E-state index >= 15 is 0 Å². The summed E-state index contributed by atoms with van der Waals surface area (Å²) in [5, 5.41) is 3.52. The summed E-state index contributed by atoms with van der Waals surface area (Å²) in [4.78, 5) is 12.9. The average Bonchev–Trinajstić information content (AvgIpc) is 3.47. The van der Waals surface area contributed by atoms with E-state index in [0.717, 1.165) is 22.5 Å². The Morgan fingerprint density at radius 2 is 1.88 bits per heavy atom. The van der Waals surface area contributed by atoms with E-state index in [0.29, 0.717) is 41.1 Å². The number of thiophene rings is 1. The Bertz CT molecular complexity index is 1250. The smallest absolute Gasteiger partial charge is 0.253 e. The highest BCUT2D eigenvalue weighted by Crippen LogP contribution is 2.32. The maximum absolute atomic E-state index is 13.0. The molecule has 1 fully saturated rings. The summed E-state index contributed by atoms with van der Waals surface area (Å²) >= 11 is 12.9. The molecule has 0 radical (unpaired) electrons. The van der Waals surface area contributed by atoms with Gasteiger partial charge in [0.1, 0.15) is 22.6 Å². The van der Waals surface area contributed by atoms with E-state index in [9.17, 15) is 13.2 Å². The number of nitrogens with one attached hydrogen (secondary N) is 1. The van der Waals surface area contributed by atoms with E-state index in [4.69, 9.17) is 27.9 Å². The zero-order chi connectivity index (χ0) is 23.4. The van der Waals surface area contributed by atoms with Crippen LogP contribution in [-0.4, -0.2) is 31.2 Å². The van der Waals surface area contributed by atoms with Crippen LogP contribution in [-0.2, 0) is 28.0 Å². The fraction of sp³-hybridized carbons (Fsp3) is 0.261. The maximum atomic E-state index is 13.0. The van der Waals surface area contributed by atoms with Crippen molar-refractivity contribution >= 4 is 50.5 Å². The fourth-order valence-electron chi connectivity index (χ4n) is 3.69. The Morgan fingerprint density at radius 1 is 1.09 bits per heavy atom. The number of hydrogen-bond acceptors (Lipinski definition) is 5.